The minimum atomic E-state index is -0.734. The SMILES string of the molecule is O=C(CCc1ncc(-c2c(F)cccc2F)o1)OC/C=C/c1ccccc1. The number of hydrogen-bond acceptors (Lipinski definition) is 4. The Balaban J connectivity index is 1.48. The maximum absolute atomic E-state index is 13.7. The zero-order chi connectivity index (χ0) is 19.1. The van der Waals surface area contributed by atoms with Crippen molar-refractivity contribution in [2.75, 3.05) is 6.61 Å². The highest BCUT2D eigenvalue weighted by atomic mass is 19.1. The maximum atomic E-state index is 13.7. The Hall–Kier alpha value is -3.28. The second-order valence-electron chi connectivity index (χ2n) is 5.71. The van der Waals surface area contributed by atoms with E-state index < -0.39 is 17.6 Å². The van der Waals surface area contributed by atoms with Crippen LogP contribution >= 0.6 is 0 Å². The minimum absolute atomic E-state index is 0.0141. The molecule has 0 aliphatic heterocycles. The Bertz CT molecular complexity index is 915. The van der Waals surface area contributed by atoms with Crippen LogP contribution in [0.2, 0.25) is 0 Å². The van der Waals surface area contributed by atoms with Gasteiger partial charge in [-0.25, -0.2) is 13.8 Å². The van der Waals surface area contributed by atoms with Crippen molar-refractivity contribution in [1.82, 2.24) is 4.98 Å². The number of rotatable bonds is 7. The fourth-order valence-corrected chi connectivity index (χ4v) is 2.45. The van der Waals surface area contributed by atoms with Crippen LogP contribution in [0.5, 0.6) is 0 Å². The molecule has 0 N–H and O–H groups in total. The lowest BCUT2D eigenvalue weighted by atomic mass is 10.1. The lowest BCUT2D eigenvalue weighted by Gasteiger charge is -2.01. The Labute approximate surface area is 155 Å². The highest BCUT2D eigenvalue weighted by molar-refractivity contribution is 5.69. The summed E-state index contributed by atoms with van der Waals surface area (Å²) in [4.78, 5) is 15.7. The molecule has 0 spiro atoms. The van der Waals surface area contributed by atoms with Gasteiger partial charge in [-0.05, 0) is 23.8 Å². The van der Waals surface area contributed by atoms with Gasteiger partial charge in [0.25, 0.3) is 0 Å². The van der Waals surface area contributed by atoms with Crippen LogP contribution in [0.25, 0.3) is 17.4 Å². The van der Waals surface area contributed by atoms with Crippen LogP contribution in [0, 0.1) is 11.6 Å². The van der Waals surface area contributed by atoms with E-state index in [1.165, 1.54) is 12.3 Å². The number of halogens is 2. The molecular weight excluding hydrogens is 352 g/mol. The monoisotopic (exact) mass is 369 g/mol. The molecule has 1 heterocycles. The molecule has 0 unspecified atom stereocenters. The first-order chi connectivity index (χ1) is 13.1. The predicted molar refractivity (Wildman–Crippen MR) is 96.6 cm³/mol. The number of esters is 1. The molecule has 1 aromatic heterocycles. The molecule has 0 fully saturated rings. The lowest BCUT2D eigenvalue weighted by molar-refractivity contribution is -0.142. The third-order valence-corrected chi connectivity index (χ3v) is 3.76. The molecule has 0 aliphatic rings. The van der Waals surface area contributed by atoms with Crippen molar-refractivity contribution >= 4 is 12.0 Å². The highest BCUT2D eigenvalue weighted by Gasteiger charge is 2.16. The first kappa shape index (κ1) is 18.5. The largest absolute Gasteiger partial charge is 0.461 e. The van der Waals surface area contributed by atoms with Gasteiger partial charge in [0.05, 0.1) is 18.2 Å². The van der Waals surface area contributed by atoms with Gasteiger partial charge in [0, 0.05) is 6.42 Å². The van der Waals surface area contributed by atoms with E-state index in [4.69, 9.17) is 9.15 Å². The molecule has 0 saturated carbocycles. The summed E-state index contributed by atoms with van der Waals surface area (Å²) in [7, 11) is 0. The van der Waals surface area contributed by atoms with Crippen molar-refractivity contribution in [3.05, 3.63) is 83.9 Å². The molecular formula is C21H17F2NO3. The molecule has 0 saturated heterocycles. The molecule has 3 aromatic rings. The molecule has 138 valence electrons. The Morgan fingerprint density at radius 1 is 1.07 bits per heavy atom. The Kier molecular flexibility index (Phi) is 6.10. The van der Waals surface area contributed by atoms with Crippen LogP contribution in [0.1, 0.15) is 17.9 Å². The van der Waals surface area contributed by atoms with Crippen LogP contribution in [-0.2, 0) is 16.0 Å². The minimum Gasteiger partial charge on any atom is -0.461 e. The van der Waals surface area contributed by atoms with Crippen LogP contribution in [0.15, 0.2) is 65.2 Å². The van der Waals surface area contributed by atoms with E-state index in [0.717, 1.165) is 17.7 Å². The van der Waals surface area contributed by atoms with Gasteiger partial charge < -0.3 is 9.15 Å². The van der Waals surface area contributed by atoms with Gasteiger partial charge in [-0.1, -0.05) is 42.5 Å². The van der Waals surface area contributed by atoms with Crippen LogP contribution in [-0.4, -0.2) is 17.6 Å². The van der Waals surface area contributed by atoms with E-state index in [1.807, 2.05) is 36.4 Å². The smallest absolute Gasteiger partial charge is 0.306 e. The molecule has 6 heteroatoms. The number of ether oxygens (including phenoxy) is 1. The summed E-state index contributed by atoms with van der Waals surface area (Å²) in [5.41, 5.74) is 0.742. The zero-order valence-electron chi connectivity index (χ0n) is 14.4. The molecule has 2 aromatic carbocycles. The molecule has 3 rings (SSSR count). The number of oxazole rings is 1. The fraction of sp³-hybridized carbons (Fsp3) is 0.143. The van der Waals surface area contributed by atoms with Gasteiger partial charge in [-0.15, -0.1) is 0 Å². The fourth-order valence-electron chi connectivity index (χ4n) is 2.45. The van der Waals surface area contributed by atoms with Gasteiger partial charge >= 0.3 is 5.97 Å². The first-order valence-electron chi connectivity index (χ1n) is 8.40. The number of carbonyl (C=O) groups excluding carboxylic acids is 1. The van der Waals surface area contributed by atoms with Gasteiger partial charge in [-0.2, -0.15) is 0 Å². The summed E-state index contributed by atoms with van der Waals surface area (Å²) >= 11 is 0. The highest BCUT2D eigenvalue weighted by Crippen LogP contribution is 2.26. The van der Waals surface area contributed by atoms with E-state index in [0.29, 0.717) is 0 Å². The first-order valence-corrected chi connectivity index (χ1v) is 8.40. The van der Waals surface area contributed by atoms with E-state index in [2.05, 4.69) is 4.98 Å². The van der Waals surface area contributed by atoms with Gasteiger partial charge in [-0.3, -0.25) is 4.79 Å². The van der Waals surface area contributed by atoms with Crippen molar-refractivity contribution in [2.24, 2.45) is 0 Å². The molecule has 0 atom stereocenters. The quantitative estimate of drug-likeness (QED) is 0.561. The molecule has 0 bridgehead atoms. The van der Waals surface area contributed by atoms with Crippen molar-refractivity contribution in [2.45, 2.75) is 12.8 Å². The number of aryl methyl sites for hydroxylation is 1. The standard InChI is InChI=1S/C21H17F2NO3/c22-16-9-4-10-17(23)21(16)18-14-24-19(27-18)11-12-20(25)26-13-5-8-15-6-2-1-3-7-15/h1-10,14H,11-13H2/b8-5+. The van der Waals surface area contributed by atoms with Crippen molar-refractivity contribution in [1.29, 1.82) is 0 Å². The lowest BCUT2D eigenvalue weighted by Crippen LogP contribution is -2.05. The average Bonchev–Trinajstić information content (AvgIpc) is 3.13. The normalized spacial score (nSPS) is 11.0. The van der Waals surface area contributed by atoms with Crippen molar-refractivity contribution in [3.63, 3.8) is 0 Å². The number of nitrogens with zero attached hydrogens (tertiary/aromatic N) is 1. The van der Waals surface area contributed by atoms with Crippen LogP contribution in [0.4, 0.5) is 8.78 Å². The molecule has 0 radical (unpaired) electrons. The summed E-state index contributed by atoms with van der Waals surface area (Å²) in [6.07, 6.45) is 5.08. The summed E-state index contributed by atoms with van der Waals surface area (Å²) < 4.78 is 37.9. The van der Waals surface area contributed by atoms with Crippen molar-refractivity contribution < 1.29 is 22.7 Å². The molecule has 27 heavy (non-hydrogen) atoms. The van der Waals surface area contributed by atoms with Gasteiger partial charge in [0.15, 0.2) is 11.7 Å². The van der Waals surface area contributed by atoms with Gasteiger partial charge in [0.2, 0.25) is 0 Å². The third kappa shape index (κ3) is 5.10. The Morgan fingerprint density at radius 3 is 2.56 bits per heavy atom. The van der Waals surface area contributed by atoms with E-state index in [-0.39, 0.29) is 36.7 Å². The van der Waals surface area contributed by atoms with Crippen LogP contribution in [0.3, 0.4) is 0 Å². The summed E-state index contributed by atoms with van der Waals surface area (Å²) in [5, 5.41) is 0. The average molecular weight is 369 g/mol. The predicted octanol–water partition coefficient (Wildman–Crippen LogP) is 4.81. The van der Waals surface area contributed by atoms with Gasteiger partial charge in [0.1, 0.15) is 18.2 Å². The van der Waals surface area contributed by atoms with E-state index >= 15 is 0 Å². The zero-order valence-corrected chi connectivity index (χ0v) is 14.4. The second kappa shape index (κ2) is 8.89. The molecule has 0 aliphatic carbocycles. The van der Waals surface area contributed by atoms with Crippen LogP contribution < -0.4 is 0 Å². The topological polar surface area (TPSA) is 52.3 Å². The second-order valence-corrected chi connectivity index (χ2v) is 5.71. The molecule has 4 nitrogen and oxygen atoms in total. The van der Waals surface area contributed by atoms with E-state index in [1.54, 1.807) is 6.08 Å². The van der Waals surface area contributed by atoms with E-state index in [9.17, 15) is 13.6 Å². The Morgan fingerprint density at radius 2 is 1.81 bits per heavy atom. The summed E-state index contributed by atoms with van der Waals surface area (Å²) in [6, 6.07) is 13.2. The van der Waals surface area contributed by atoms with Crippen molar-refractivity contribution in [3.8, 4) is 11.3 Å². The number of hydrogen-bond donors (Lipinski definition) is 0. The molecule has 0 amide bonds. The number of aromatic nitrogens is 1. The number of benzene rings is 2. The summed E-state index contributed by atoms with van der Waals surface area (Å²) in [5.74, 6) is -1.68. The number of carbonyl (C=O) groups is 1. The third-order valence-electron chi connectivity index (χ3n) is 3.76. The summed E-state index contributed by atoms with van der Waals surface area (Å²) in [6.45, 7) is 0.158. The maximum Gasteiger partial charge on any atom is 0.306 e.